The lowest BCUT2D eigenvalue weighted by molar-refractivity contribution is 0.600. The van der Waals surface area contributed by atoms with Crippen LogP contribution in [0.15, 0.2) is 45.8 Å². The highest BCUT2D eigenvalue weighted by atomic mass is 79.9. The van der Waals surface area contributed by atoms with E-state index < -0.39 is 10.0 Å². The van der Waals surface area contributed by atoms with Crippen molar-refractivity contribution >= 4 is 37.3 Å². The lowest BCUT2D eigenvalue weighted by Crippen LogP contribution is -2.15. The van der Waals surface area contributed by atoms with Crippen LogP contribution < -0.4 is 10.5 Å². The second kappa shape index (κ2) is 5.76. The van der Waals surface area contributed by atoms with Gasteiger partial charge in [0.25, 0.3) is 10.0 Å². The minimum Gasteiger partial charge on any atom is -0.399 e. The molecule has 0 aliphatic carbocycles. The summed E-state index contributed by atoms with van der Waals surface area (Å²) in [5.74, 6) is 0. The smallest absolute Gasteiger partial charge is 0.262 e. The van der Waals surface area contributed by atoms with Crippen molar-refractivity contribution in [2.24, 2.45) is 0 Å². The van der Waals surface area contributed by atoms with Crippen molar-refractivity contribution in [3.8, 4) is 6.07 Å². The van der Waals surface area contributed by atoms with E-state index in [2.05, 4.69) is 20.7 Å². The number of rotatable bonds is 3. The number of aryl methyl sites for hydroxylation is 1. The van der Waals surface area contributed by atoms with Gasteiger partial charge in [-0.05, 0) is 64.8 Å². The lowest BCUT2D eigenvalue weighted by Gasteiger charge is -2.12. The lowest BCUT2D eigenvalue weighted by atomic mass is 10.2. The molecule has 2 rings (SSSR count). The predicted molar refractivity (Wildman–Crippen MR) is 85.3 cm³/mol. The van der Waals surface area contributed by atoms with Crippen LogP contribution in [0.1, 0.15) is 11.1 Å². The Labute approximate surface area is 131 Å². The summed E-state index contributed by atoms with van der Waals surface area (Å²) in [6, 6.07) is 11.2. The maximum Gasteiger partial charge on any atom is 0.262 e. The first-order valence-electron chi connectivity index (χ1n) is 5.92. The summed E-state index contributed by atoms with van der Waals surface area (Å²) in [6.07, 6.45) is 0. The third-order valence-corrected chi connectivity index (χ3v) is 5.05. The van der Waals surface area contributed by atoms with E-state index in [4.69, 9.17) is 11.0 Å². The molecule has 0 saturated carbocycles. The molecule has 108 valence electrons. The van der Waals surface area contributed by atoms with Gasteiger partial charge in [0, 0.05) is 10.2 Å². The molecule has 0 atom stereocenters. The van der Waals surface area contributed by atoms with Gasteiger partial charge in [0.1, 0.15) is 0 Å². The Morgan fingerprint density at radius 3 is 2.57 bits per heavy atom. The Balaban J connectivity index is 2.44. The molecule has 0 heterocycles. The van der Waals surface area contributed by atoms with E-state index in [1.165, 1.54) is 24.3 Å². The molecule has 0 fully saturated rings. The van der Waals surface area contributed by atoms with Crippen molar-refractivity contribution in [2.45, 2.75) is 11.8 Å². The van der Waals surface area contributed by atoms with Crippen LogP contribution in [0.2, 0.25) is 0 Å². The first kappa shape index (κ1) is 15.4. The van der Waals surface area contributed by atoms with E-state index in [1.807, 2.05) is 6.07 Å². The SMILES string of the molecule is Cc1cc(C#N)ccc1S(=O)(=O)Nc1cc(N)ccc1Br. The normalized spacial score (nSPS) is 10.9. The monoisotopic (exact) mass is 365 g/mol. The van der Waals surface area contributed by atoms with Crippen LogP contribution in [0.4, 0.5) is 11.4 Å². The standard InChI is InChI=1S/C14H12BrN3O2S/c1-9-6-10(8-16)2-5-14(9)21(19,20)18-13-7-11(17)3-4-12(13)15/h2-7,18H,17H2,1H3. The number of nitrogens with one attached hydrogen (secondary N) is 1. The maximum absolute atomic E-state index is 12.4. The number of nitriles is 1. The van der Waals surface area contributed by atoms with Gasteiger partial charge in [-0.25, -0.2) is 8.42 Å². The molecule has 21 heavy (non-hydrogen) atoms. The van der Waals surface area contributed by atoms with Gasteiger partial charge in [0.05, 0.1) is 22.2 Å². The summed E-state index contributed by atoms with van der Waals surface area (Å²) < 4.78 is 27.9. The van der Waals surface area contributed by atoms with Crippen molar-refractivity contribution < 1.29 is 8.42 Å². The average Bonchev–Trinajstić information content (AvgIpc) is 2.42. The molecule has 0 unspecified atom stereocenters. The fourth-order valence-corrected chi connectivity index (χ4v) is 3.62. The molecule has 0 radical (unpaired) electrons. The van der Waals surface area contributed by atoms with E-state index in [0.29, 0.717) is 27.0 Å². The van der Waals surface area contributed by atoms with Gasteiger partial charge < -0.3 is 5.73 Å². The Bertz CT molecular complexity index is 842. The second-order valence-electron chi connectivity index (χ2n) is 4.44. The van der Waals surface area contributed by atoms with Crippen LogP contribution in [0.3, 0.4) is 0 Å². The topological polar surface area (TPSA) is 96.0 Å². The Hall–Kier alpha value is -2.04. The first-order chi connectivity index (χ1) is 9.83. The molecule has 0 aliphatic rings. The van der Waals surface area contributed by atoms with E-state index >= 15 is 0 Å². The molecule has 3 N–H and O–H groups in total. The molecule has 0 bridgehead atoms. The van der Waals surface area contributed by atoms with Gasteiger partial charge in [-0.1, -0.05) is 0 Å². The predicted octanol–water partition coefficient (Wildman–Crippen LogP) is 3.01. The van der Waals surface area contributed by atoms with Crippen LogP contribution >= 0.6 is 15.9 Å². The highest BCUT2D eigenvalue weighted by molar-refractivity contribution is 9.10. The van der Waals surface area contributed by atoms with Gasteiger partial charge in [-0.3, -0.25) is 4.72 Å². The summed E-state index contributed by atoms with van der Waals surface area (Å²) >= 11 is 3.27. The number of benzene rings is 2. The van der Waals surface area contributed by atoms with E-state index in [0.717, 1.165) is 0 Å². The zero-order chi connectivity index (χ0) is 15.6. The van der Waals surface area contributed by atoms with Crippen LogP contribution in [-0.2, 0) is 10.0 Å². The Morgan fingerprint density at radius 1 is 1.24 bits per heavy atom. The molecular formula is C14H12BrN3O2S. The molecule has 5 nitrogen and oxygen atoms in total. The largest absolute Gasteiger partial charge is 0.399 e. The Morgan fingerprint density at radius 2 is 1.95 bits per heavy atom. The first-order valence-corrected chi connectivity index (χ1v) is 8.20. The number of nitrogens with two attached hydrogens (primary N) is 1. The van der Waals surface area contributed by atoms with Gasteiger partial charge in [0.15, 0.2) is 0 Å². The molecule has 2 aromatic rings. The van der Waals surface area contributed by atoms with Crippen molar-refractivity contribution in [3.63, 3.8) is 0 Å². The molecular weight excluding hydrogens is 354 g/mol. The van der Waals surface area contributed by atoms with Crippen LogP contribution in [0.25, 0.3) is 0 Å². The zero-order valence-electron chi connectivity index (χ0n) is 11.1. The summed E-state index contributed by atoms with van der Waals surface area (Å²) in [7, 11) is -3.75. The van der Waals surface area contributed by atoms with Crippen molar-refractivity contribution in [2.75, 3.05) is 10.5 Å². The minimum atomic E-state index is -3.75. The minimum absolute atomic E-state index is 0.121. The van der Waals surface area contributed by atoms with Gasteiger partial charge >= 0.3 is 0 Å². The number of nitrogens with zero attached hydrogens (tertiary/aromatic N) is 1. The number of nitrogen functional groups attached to an aromatic ring is 1. The van der Waals surface area contributed by atoms with Crippen molar-refractivity contribution in [1.82, 2.24) is 0 Å². The van der Waals surface area contributed by atoms with Crippen molar-refractivity contribution in [1.29, 1.82) is 5.26 Å². The third kappa shape index (κ3) is 3.35. The van der Waals surface area contributed by atoms with Gasteiger partial charge in [0.2, 0.25) is 0 Å². The number of halogens is 1. The highest BCUT2D eigenvalue weighted by Crippen LogP contribution is 2.28. The molecule has 0 amide bonds. The summed E-state index contributed by atoms with van der Waals surface area (Å²) in [5.41, 5.74) is 7.39. The molecule has 0 aliphatic heterocycles. The van der Waals surface area contributed by atoms with Crippen LogP contribution in [0, 0.1) is 18.3 Å². The van der Waals surface area contributed by atoms with E-state index in [1.54, 1.807) is 19.1 Å². The molecule has 0 spiro atoms. The summed E-state index contributed by atoms with van der Waals surface area (Å²) in [5, 5.41) is 8.82. The number of hydrogen-bond donors (Lipinski definition) is 2. The van der Waals surface area contributed by atoms with Crippen molar-refractivity contribution in [3.05, 3.63) is 52.0 Å². The zero-order valence-corrected chi connectivity index (χ0v) is 13.5. The third-order valence-electron chi connectivity index (χ3n) is 2.83. The fourth-order valence-electron chi connectivity index (χ4n) is 1.84. The average molecular weight is 366 g/mol. The maximum atomic E-state index is 12.4. The van der Waals surface area contributed by atoms with Crippen LogP contribution in [-0.4, -0.2) is 8.42 Å². The summed E-state index contributed by atoms with van der Waals surface area (Å²) in [4.78, 5) is 0.121. The van der Waals surface area contributed by atoms with E-state index in [-0.39, 0.29) is 4.90 Å². The van der Waals surface area contributed by atoms with Gasteiger partial charge in [-0.2, -0.15) is 5.26 Å². The number of sulfonamides is 1. The highest BCUT2D eigenvalue weighted by Gasteiger charge is 2.18. The van der Waals surface area contributed by atoms with E-state index in [9.17, 15) is 8.42 Å². The molecule has 0 aromatic heterocycles. The molecule has 7 heteroatoms. The van der Waals surface area contributed by atoms with Gasteiger partial charge in [-0.15, -0.1) is 0 Å². The molecule has 0 saturated heterocycles. The fraction of sp³-hybridized carbons (Fsp3) is 0.0714. The summed E-state index contributed by atoms with van der Waals surface area (Å²) in [6.45, 7) is 1.64. The molecule has 2 aromatic carbocycles. The number of hydrogen-bond acceptors (Lipinski definition) is 4. The van der Waals surface area contributed by atoms with Crippen LogP contribution in [0.5, 0.6) is 0 Å². The quantitative estimate of drug-likeness (QED) is 0.817. The number of anilines is 2. The second-order valence-corrected chi connectivity index (χ2v) is 6.94. The Kier molecular flexibility index (Phi) is 4.21.